The van der Waals surface area contributed by atoms with E-state index in [1.807, 2.05) is 59.2 Å². The van der Waals surface area contributed by atoms with E-state index in [4.69, 9.17) is 27.9 Å². The first-order chi connectivity index (χ1) is 15.5. The number of halogens is 2. The highest BCUT2D eigenvalue weighted by Crippen LogP contribution is 2.29. The number of hydrogen-bond acceptors (Lipinski definition) is 5. The molecule has 0 aliphatic carbocycles. The first-order valence-corrected chi connectivity index (χ1v) is 11.3. The van der Waals surface area contributed by atoms with E-state index in [0.717, 1.165) is 17.0 Å². The molecule has 0 aliphatic rings. The highest BCUT2D eigenvalue weighted by Gasteiger charge is 2.17. The van der Waals surface area contributed by atoms with E-state index in [-0.39, 0.29) is 11.7 Å². The summed E-state index contributed by atoms with van der Waals surface area (Å²) in [4.78, 5) is 12.5. The maximum atomic E-state index is 12.5. The largest absolute Gasteiger partial charge is 0.497 e. The summed E-state index contributed by atoms with van der Waals surface area (Å²) in [7, 11) is 1.62. The Bertz CT molecular complexity index is 1210. The van der Waals surface area contributed by atoms with E-state index in [0.29, 0.717) is 26.7 Å². The van der Waals surface area contributed by atoms with E-state index in [2.05, 4.69) is 15.5 Å². The summed E-state index contributed by atoms with van der Waals surface area (Å²) in [5, 5.41) is 13.0. The molecule has 1 aromatic heterocycles. The number of thioether (sulfide) groups is 1. The third-order valence-corrected chi connectivity index (χ3v) is 5.84. The number of anilines is 1. The molecule has 0 bridgehead atoms. The second kappa shape index (κ2) is 10.1. The van der Waals surface area contributed by atoms with Gasteiger partial charge in [-0.3, -0.25) is 9.36 Å². The fraction of sp³-hybridized carbons (Fsp3) is 0.0870. The summed E-state index contributed by atoms with van der Waals surface area (Å²) >= 11 is 13.3. The van der Waals surface area contributed by atoms with Gasteiger partial charge >= 0.3 is 0 Å². The number of nitrogens with one attached hydrogen (secondary N) is 1. The first-order valence-electron chi connectivity index (χ1n) is 9.57. The van der Waals surface area contributed by atoms with Gasteiger partial charge in [0.2, 0.25) is 5.91 Å². The van der Waals surface area contributed by atoms with Gasteiger partial charge < -0.3 is 10.1 Å². The van der Waals surface area contributed by atoms with Crippen LogP contribution < -0.4 is 10.1 Å². The zero-order valence-corrected chi connectivity index (χ0v) is 19.3. The fourth-order valence-corrected chi connectivity index (χ4v) is 4.33. The number of para-hydroxylation sites is 1. The Morgan fingerprint density at radius 3 is 2.34 bits per heavy atom. The molecule has 0 aliphatic heterocycles. The summed E-state index contributed by atoms with van der Waals surface area (Å²) < 4.78 is 7.17. The van der Waals surface area contributed by atoms with Crippen molar-refractivity contribution < 1.29 is 9.53 Å². The number of methoxy groups -OCH3 is 1. The van der Waals surface area contributed by atoms with Crippen LogP contribution in [0.2, 0.25) is 10.0 Å². The number of rotatable bonds is 7. The maximum absolute atomic E-state index is 12.5. The van der Waals surface area contributed by atoms with E-state index < -0.39 is 0 Å². The fourth-order valence-electron chi connectivity index (χ4n) is 3.05. The molecule has 4 rings (SSSR count). The van der Waals surface area contributed by atoms with Crippen LogP contribution in [0.3, 0.4) is 0 Å². The van der Waals surface area contributed by atoms with Crippen molar-refractivity contribution in [2.45, 2.75) is 5.16 Å². The molecule has 0 fully saturated rings. The molecular formula is C23H18Cl2N4O2S. The third kappa shape index (κ3) is 5.24. The summed E-state index contributed by atoms with van der Waals surface area (Å²) in [5.41, 5.74) is 2.32. The van der Waals surface area contributed by atoms with Crippen LogP contribution in [0, 0.1) is 0 Å². The summed E-state index contributed by atoms with van der Waals surface area (Å²) in [6, 6.07) is 22.2. The molecule has 1 amide bonds. The van der Waals surface area contributed by atoms with Crippen molar-refractivity contribution in [1.82, 2.24) is 14.8 Å². The highest BCUT2D eigenvalue weighted by atomic mass is 35.5. The van der Waals surface area contributed by atoms with Gasteiger partial charge in [-0.2, -0.15) is 0 Å². The maximum Gasteiger partial charge on any atom is 0.234 e. The van der Waals surface area contributed by atoms with Crippen LogP contribution in [-0.2, 0) is 4.79 Å². The van der Waals surface area contributed by atoms with Crippen molar-refractivity contribution in [3.8, 4) is 22.8 Å². The summed E-state index contributed by atoms with van der Waals surface area (Å²) in [5.74, 6) is 1.36. The molecule has 1 N–H and O–H groups in total. The smallest absolute Gasteiger partial charge is 0.234 e. The van der Waals surface area contributed by atoms with Crippen LogP contribution in [0.1, 0.15) is 0 Å². The van der Waals surface area contributed by atoms with Gasteiger partial charge in [-0.05, 0) is 54.6 Å². The monoisotopic (exact) mass is 484 g/mol. The van der Waals surface area contributed by atoms with Crippen molar-refractivity contribution in [3.63, 3.8) is 0 Å². The SMILES string of the molecule is COc1ccc(-c2nnc(SCC(=O)Nc3cc(Cl)cc(Cl)c3)n2-c2ccccc2)cc1. The van der Waals surface area contributed by atoms with Gasteiger partial charge in [-0.1, -0.05) is 53.2 Å². The topological polar surface area (TPSA) is 69.0 Å². The van der Waals surface area contributed by atoms with Crippen LogP contribution >= 0.6 is 35.0 Å². The standard InChI is InChI=1S/C23H18Cl2N4O2S/c1-31-20-9-7-15(8-10-20)22-27-28-23(29(22)19-5-3-2-4-6-19)32-14-21(30)26-18-12-16(24)11-17(25)13-18/h2-13H,14H2,1H3,(H,26,30). The van der Waals surface area contributed by atoms with E-state index in [1.165, 1.54) is 11.8 Å². The van der Waals surface area contributed by atoms with Crippen LogP contribution in [0.25, 0.3) is 17.1 Å². The number of carbonyl (C=O) groups excluding carboxylic acids is 1. The number of benzene rings is 3. The Morgan fingerprint density at radius 2 is 1.69 bits per heavy atom. The van der Waals surface area contributed by atoms with E-state index in [1.54, 1.807) is 25.3 Å². The predicted molar refractivity (Wildman–Crippen MR) is 129 cm³/mol. The number of hydrogen-bond donors (Lipinski definition) is 1. The zero-order chi connectivity index (χ0) is 22.5. The van der Waals surface area contributed by atoms with Crippen LogP contribution in [0.15, 0.2) is 78.0 Å². The van der Waals surface area contributed by atoms with Crippen LogP contribution in [0.4, 0.5) is 5.69 Å². The van der Waals surface area contributed by atoms with Crippen LogP contribution in [-0.4, -0.2) is 33.5 Å². The second-order valence-corrected chi connectivity index (χ2v) is 8.52. The average Bonchev–Trinajstić information content (AvgIpc) is 3.21. The second-order valence-electron chi connectivity index (χ2n) is 6.70. The highest BCUT2D eigenvalue weighted by molar-refractivity contribution is 7.99. The molecule has 0 saturated carbocycles. The van der Waals surface area contributed by atoms with Gasteiger partial charge in [-0.15, -0.1) is 10.2 Å². The van der Waals surface area contributed by atoms with Gasteiger partial charge in [0, 0.05) is 27.0 Å². The van der Waals surface area contributed by atoms with Crippen molar-refractivity contribution in [1.29, 1.82) is 0 Å². The minimum absolute atomic E-state index is 0.137. The Labute approximate surface area is 199 Å². The Morgan fingerprint density at radius 1 is 1.00 bits per heavy atom. The minimum atomic E-state index is -0.207. The number of ether oxygens (including phenoxy) is 1. The Balaban J connectivity index is 1.58. The lowest BCUT2D eigenvalue weighted by atomic mass is 10.2. The zero-order valence-electron chi connectivity index (χ0n) is 17.0. The van der Waals surface area contributed by atoms with Gasteiger partial charge in [0.25, 0.3) is 0 Å². The van der Waals surface area contributed by atoms with Gasteiger partial charge in [0.1, 0.15) is 5.75 Å². The molecule has 0 unspecified atom stereocenters. The number of amides is 1. The lowest BCUT2D eigenvalue weighted by Gasteiger charge is -2.11. The van der Waals surface area contributed by atoms with Crippen molar-refractivity contribution in [2.24, 2.45) is 0 Å². The van der Waals surface area contributed by atoms with E-state index >= 15 is 0 Å². The normalized spacial score (nSPS) is 10.7. The van der Waals surface area contributed by atoms with Crippen LogP contribution in [0.5, 0.6) is 5.75 Å². The van der Waals surface area contributed by atoms with Crippen molar-refractivity contribution in [2.75, 3.05) is 18.2 Å². The molecular weight excluding hydrogens is 467 g/mol. The number of nitrogens with zero attached hydrogens (tertiary/aromatic N) is 3. The third-order valence-electron chi connectivity index (χ3n) is 4.47. The molecule has 32 heavy (non-hydrogen) atoms. The van der Waals surface area contributed by atoms with E-state index in [9.17, 15) is 4.79 Å². The molecule has 6 nitrogen and oxygen atoms in total. The Kier molecular flexibility index (Phi) is 6.99. The molecule has 0 atom stereocenters. The Hall–Kier alpha value is -3.00. The molecule has 3 aromatic carbocycles. The molecule has 162 valence electrons. The van der Waals surface area contributed by atoms with Crippen molar-refractivity contribution in [3.05, 3.63) is 82.8 Å². The summed E-state index contributed by atoms with van der Waals surface area (Å²) in [6.45, 7) is 0. The number of carbonyl (C=O) groups is 1. The van der Waals surface area contributed by atoms with Gasteiger partial charge in [0.05, 0.1) is 12.9 Å². The molecule has 1 heterocycles. The molecule has 0 spiro atoms. The first kappa shape index (κ1) is 22.2. The molecule has 0 saturated heterocycles. The minimum Gasteiger partial charge on any atom is -0.497 e. The van der Waals surface area contributed by atoms with Gasteiger partial charge in [0.15, 0.2) is 11.0 Å². The lowest BCUT2D eigenvalue weighted by Crippen LogP contribution is -2.14. The van der Waals surface area contributed by atoms with Crippen molar-refractivity contribution >= 4 is 46.6 Å². The number of aromatic nitrogens is 3. The van der Waals surface area contributed by atoms with Gasteiger partial charge in [-0.25, -0.2) is 0 Å². The lowest BCUT2D eigenvalue weighted by molar-refractivity contribution is -0.113. The molecule has 0 radical (unpaired) electrons. The molecule has 4 aromatic rings. The molecule has 9 heteroatoms. The average molecular weight is 485 g/mol. The quantitative estimate of drug-likeness (QED) is 0.326. The predicted octanol–water partition coefficient (Wildman–Crippen LogP) is 5.98. The summed E-state index contributed by atoms with van der Waals surface area (Å²) in [6.07, 6.45) is 0.